The van der Waals surface area contributed by atoms with E-state index in [9.17, 15) is 4.79 Å². The molecule has 1 fully saturated rings. The molecule has 1 aromatic carbocycles. The van der Waals surface area contributed by atoms with Crippen molar-refractivity contribution in [2.24, 2.45) is 0 Å². The van der Waals surface area contributed by atoms with Crippen LogP contribution in [-0.4, -0.2) is 50.7 Å². The third kappa shape index (κ3) is 6.08. The predicted octanol–water partition coefficient (Wildman–Crippen LogP) is 3.74. The van der Waals surface area contributed by atoms with Crippen molar-refractivity contribution in [3.8, 4) is 11.5 Å². The number of carbonyl (C=O) groups is 1. The van der Waals surface area contributed by atoms with Gasteiger partial charge in [0.05, 0.1) is 18.7 Å². The largest absolute Gasteiger partial charge is 0.493 e. The number of benzene rings is 1. The van der Waals surface area contributed by atoms with Crippen LogP contribution in [0.2, 0.25) is 5.02 Å². The lowest BCUT2D eigenvalue weighted by Crippen LogP contribution is -2.33. The number of carbonyl (C=O) groups excluding carboxylic acids is 1. The van der Waals surface area contributed by atoms with Crippen molar-refractivity contribution in [2.75, 3.05) is 39.9 Å². The fourth-order valence-electron chi connectivity index (χ4n) is 2.98. The van der Waals surface area contributed by atoms with E-state index in [-0.39, 0.29) is 5.91 Å². The summed E-state index contributed by atoms with van der Waals surface area (Å²) < 4.78 is 10.9. The number of nitrogens with one attached hydrogen (secondary N) is 1. The van der Waals surface area contributed by atoms with E-state index in [2.05, 4.69) is 10.2 Å². The van der Waals surface area contributed by atoms with Crippen LogP contribution in [-0.2, 0) is 0 Å². The number of hydrogen-bond donors (Lipinski definition) is 1. The summed E-state index contributed by atoms with van der Waals surface area (Å²) in [6, 6.07) is 3.31. The SMILES string of the molecule is CCCOc1c(Cl)cc(C(=O)NCCCN2CCCCC2)cc1OC. The Morgan fingerprint density at radius 1 is 1.28 bits per heavy atom. The van der Waals surface area contributed by atoms with Gasteiger partial charge < -0.3 is 19.7 Å². The normalized spacial score (nSPS) is 15.0. The van der Waals surface area contributed by atoms with Gasteiger partial charge in [0.1, 0.15) is 0 Å². The van der Waals surface area contributed by atoms with Crippen molar-refractivity contribution in [3.05, 3.63) is 22.7 Å². The Hall–Kier alpha value is -1.46. The van der Waals surface area contributed by atoms with Gasteiger partial charge in [-0.05, 0) is 57.5 Å². The molecule has 0 spiro atoms. The van der Waals surface area contributed by atoms with Gasteiger partial charge in [-0.2, -0.15) is 0 Å². The molecule has 1 N–H and O–H groups in total. The molecule has 0 radical (unpaired) electrons. The summed E-state index contributed by atoms with van der Waals surface area (Å²) in [5, 5.41) is 3.35. The van der Waals surface area contributed by atoms with Crippen molar-refractivity contribution in [3.63, 3.8) is 0 Å². The molecule has 0 bridgehead atoms. The molecule has 0 atom stereocenters. The number of halogens is 1. The number of rotatable bonds is 9. The summed E-state index contributed by atoms with van der Waals surface area (Å²) in [4.78, 5) is 14.8. The van der Waals surface area contributed by atoms with Crippen LogP contribution in [0.15, 0.2) is 12.1 Å². The maximum absolute atomic E-state index is 12.4. The van der Waals surface area contributed by atoms with Gasteiger partial charge in [-0.15, -0.1) is 0 Å². The first-order valence-corrected chi connectivity index (χ1v) is 9.54. The topological polar surface area (TPSA) is 50.8 Å². The average Bonchev–Trinajstić information content (AvgIpc) is 2.64. The van der Waals surface area contributed by atoms with Crippen LogP contribution in [0.4, 0.5) is 0 Å². The Morgan fingerprint density at radius 2 is 2.04 bits per heavy atom. The molecular weight excluding hydrogens is 340 g/mol. The van der Waals surface area contributed by atoms with E-state index in [0.29, 0.717) is 35.2 Å². The number of ether oxygens (including phenoxy) is 2. The Labute approximate surface area is 155 Å². The van der Waals surface area contributed by atoms with Gasteiger partial charge in [0, 0.05) is 12.1 Å². The molecule has 1 heterocycles. The highest BCUT2D eigenvalue weighted by molar-refractivity contribution is 6.32. The van der Waals surface area contributed by atoms with Gasteiger partial charge in [0.15, 0.2) is 11.5 Å². The van der Waals surface area contributed by atoms with Gasteiger partial charge in [-0.25, -0.2) is 0 Å². The Morgan fingerprint density at radius 3 is 2.72 bits per heavy atom. The number of methoxy groups -OCH3 is 1. The third-order valence-electron chi connectivity index (χ3n) is 4.33. The number of piperidine rings is 1. The Balaban J connectivity index is 1.86. The lowest BCUT2D eigenvalue weighted by molar-refractivity contribution is 0.0950. The molecule has 0 saturated carbocycles. The van der Waals surface area contributed by atoms with Crippen molar-refractivity contribution >= 4 is 17.5 Å². The number of hydrogen-bond acceptors (Lipinski definition) is 4. The number of nitrogens with zero attached hydrogens (tertiary/aromatic N) is 1. The molecular formula is C19H29ClN2O3. The number of amides is 1. The second kappa shape index (κ2) is 10.5. The summed E-state index contributed by atoms with van der Waals surface area (Å²) in [5.74, 6) is 0.841. The highest BCUT2D eigenvalue weighted by Gasteiger charge is 2.16. The molecule has 1 aromatic rings. The lowest BCUT2D eigenvalue weighted by Gasteiger charge is -2.26. The van der Waals surface area contributed by atoms with Crippen LogP contribution in [0.3, 0.4) is 0 Å². The molecule has 1 saturated heterocycles. The minimum Gasteiger partial charge on any atom is -0.493 e. The third-order valence-corrected chi connectivity index (χ3v) is 4.61. The first-order valence-electron chi connectivity index (χ1n) is 9.16. The highest BCUT2D eigenvalue weighted by atomic mass is 35.5. The maximum Gasteiger partial charge on any atom is 0.251 e. The highest BCUT2D eigenvalue weighted by Crippen LogP contribution is 2.36. The van der Waals surface area contributed by atoms with E-state index in [1.807, 2.05) is 6.92 Å². The Kier molecular flexibility index (Phi) is 8.35. The van der Waals surface area contributed by atoms with E-state index < -0.39 is 0 Å². The zero-order valence-corrected chi connectivity index (χ0v) is 16.0. The second-order valence-electron chi connectivity index (χ2n) is 6.35. The zero-order chi connectivity index (χ0) is 18.1. The van der Waals surface area contributed by atoms with Crippen molar-refractivity contribution in [2.45, 2.75) is 39.0 Å². The molecule has 1 aliphatic rings. The summed E-state index contributed by atoms with van der Waals surface area (Å²) in [5.41, 5.74) is 0.490. The second-order valence-corrected chi connectivity index (χ2v) is 6.76. The van der Waals surface area contributed by atoms with E-state index in [4.69, 9.17) is 21.1 Å². The average molecular weight is 369 g/mol. The molecule has 140 valence electrons. The van der Waals surface area contributed by atoms with Crippen molar-refractivity contribution < 1.29 is 14.3 Å². The molecule has 0 unspecified atom stereocenters. The van der Waals surface area contributed by atoms with Crippen molar-refractivity contribution in [1.82, 2.24) is 10.2 Å². The molecule has 2 rings (SSSR count). The van der Waals surface area contributed by atoms with Crippen molar-refractivity contribution in [1.29, 1.82) is 0 Å². The van der Waals surface area contributed by atoms with E-state index in [1.54, 1.807) is 19.2 Å². The standard InChI is InChI=1S/C19H29ClN2O3/c1-3-12-25-18-16(20)13-15(14-17(18)24-2)19(23)21-8-7-11-22-9-5-4-6-10-22/h13-14H,3-12H2,1-2H3,(H,21,23). The molecule has 0 aromatic heterocycles. The molecule has 5 nitrogen and oxygen atoms in total. The van der Waals surface area contributed by atoms with E-state index in [0.717, 1.165) is 19.4 Å². The van der Waals surface area contributed by atoms with Crippen LogP contribution in [0.1, 0.15) is 49.4 Å². The summed E-state index contributed by atoms with van der Waals surface area (Å²) in [6.45, 7) is 6.63. The van der Waals surface area contributed by atoms with Crippen LogP contribution in [0.5, 0.6) is 11.5 Å². The fraction of sp³-hybridized carbons (Fsp3) is 0.632. The Bertz CT molecular complexity index is 560. The molecule has 1 amide bonds. The van der Waals surface area contributed by atoms with Gasteiger partial charge in [0.2, 0.25) is 0 Å². The summed E-state index contributed by atoms with van der Waals surface area (Å²) in [7, 11) is 1.55. The predicted molar refractivity (Wildman–Crippen MR) is 101 cm³/mol. The molecule has 6 heteroatoms. The lowest BCUT2D eigenvalue weighted by atomic mass is 10.1. The fourth-order valence-corrected chi connectivity index (χ4v) is 3.25. The molecule has 1 aliphatic heterocycles. The molecule has 25 heavy (non-hydrogen) atoms. The van der Waals surface area contributed by atoms with Gasteiger partial charge >= 0.3 is 0 Å². The zero-order valence-electron chi connectivity index (χ0n) is 15.3. The molecule has 0 aliphatic carbocycles. The first-order chi connectivity index (χ1) is 12.2. The minimum atomic E-state index is -0.138. The first kappa shape index (κ1) is 19.9. The van der Waals surface area contributed by atoms with Gasteiger partial charge in [-0.1, -0.05) is 24.9 Å². The van der Waals surface area contributed by atoms with E-state index in [1.165, 1.54) is 32.4 Å². The van der Waals surface area contributed by atoms with Crippen LogP contribution >= 0.6 is 11.6 Å². The monoisotopic (exact) mass is 368 g/mol. The van der Waals surface area contributed by atoms with Crippen LogP contribution < -0.4 is 14.8 Å². The maximum atomic E-state index is 12.4. The quantitative estimate of drug-likeness (QED) is 0.674. The smallest absolute Gasteiger partial charge is 0.251 e. The summed E-state index contributed by atoms with van der Waals surface area (Å²) in [6.07, 6.45) is 5.75. The van der Waals surface area contributed by atoms with Gasteiger partial charge in [-0.3, -0.25) is 4.79 Å². The van der Waals surface area contributed by atoms with Gasteiger partial charge in [0.25, 0.3) is 5.91 Å². The number of likely N-dealkylation sites (tertiary alicyclic amines) is 1. The minimum absolute atomic E-state index is 0.138. The summed E-state index contributed by atoms with van der Waals surface area (Å²) >= 11 is 6.26. The van der Waals surface area contributed by atoms with Crippen LogP contribution in [0, 0.1) is 0 Å². The van der Waals surface area contributed by atoms with E-state index >= 15 is 0 Å². The van der Waals surface area contributed by atoms with Crippen LogP contribution in [0.25, 0.3) is 0 Å².